The van der Waals surface area contributed by atoms with Gasteiger partial charge >= 0.3 is 12.1 Å². The van der Waals surface area contributed by atoms with Crippen LogP contribution >= 0.6 is 11.3 Å². The molecule has 4 amide bonds. The summed E-state index contributed by atoms with van der Waals surface area (Å²) in [6, 6.07) is 11.3. The Morgan fingerprint density at radius 3 is 1.96 bits per heavy atom. The van der Waals surface area contributed by atoms with E-state index in [0.717, 1.165) is 15.6 Å². The van der Waals surface area contributed by atoms with Crippen LogP contribution in [0.25, 0.3) is 0 Å². The number of sulfonamides is 1. The number of amides is 4. The molecule has 4 atom stereocenters. The summed E-state index contributed by atoms with van der Waals surface area (Å²) in [7, 11) is -2.34. The van der Waals surface area contributed by atoms with E-state index in [1.807, 2.05) is 63.4 Å². The molecule has 0 unspecified atom stereocenters. The first-order chi connectivity index (χ1) is 26.6. The van der Waals surface area contributed by atoms with Crippen LogP contribution in [0.15, 0.2) is 59.4 Å². The molecule has 0 aliphatic heterocycles. The van der Waals surface area contributed by atoms with Gasteiger partial charge in [-0.3, -0.25) is 23.5 Å². The summed E-state index contributed by atoms with van der Waals surface area (Å²) >= 11 is 1.41. The highest BCUT2D eigenvalue weighted by Gasteiger charge is 2.38. The van der Waals surface area contributed by atoms with Crippen molar-refractivity contribution in [1.82, 2.24) is 31.6 Å². The molecule has 0 fully saturated rings. The fraction of sp³-hybridized carbons (Fsp3) is 0.459. The Balaban J connectivity index is 0.00000146. The highest BCUT2D eigenvalue weighted by atomic mass is 32.2. The van der Waals surface area contributed by atoms with Gasteiger partial charge in [0.1, 0.15) is 6.04 Å². The number of halogens is 3. The van der Waals surface area contributed by atoms with Gasteiger partial charge in [-0.05, 0) is 57.4 Å². The summed E-state index contributed by atoms with van der Waals surface area (Å²) in [6.45, 7) is 11.1. The monoisotopic (exact) mass is 841 g/mol. The van der Waals surface area contributed by atoms with Crippen molar-refractivity contribution in [3.8, 4) is 0 Å². The van der Waals surface area contributed by atoms with E-state index >= 15 is 0 Å². The molecule has 0 spiro atoms. The van der Waals surface area contributed by atoms with Crippen molar-refractivity contribution < 1.29 is 50.7 Å². The van der Waals surface area contributed by atoms with Crippen LogP contribution in [0.3, 0.4) is 0 Å². The van der Waals surface area contributed by atoms with Gasteiger partial charge in [0.2, 0.25) is 21.8 Å². The van der Waals surface area contributed by atoms with Crippen molar-refractivity contribution in [3.63, 3.8) is 0 Å². The molecular weight excluding hydrogens is 792 g/mol. The van der Waals surface area contributed by atoms with Crippen molar-refractivity contribution in [3.05, 3.63) is 81.8 Å². The van der Waals surface area contributed by atoms with Crippen LogP contribution in [-0.4, -0.2) is 98.3 Å². The van der Waals surface area contributed by atoms with Gasteiger partial charge in [-0.2, -0.15) is 13.2 Å². The van der Waals surface area contributed by atoms with Gasteiger partial charge in [-0.1, -0.05) is 44.2 Å². The van der Waals surface area contributed by atoms with Crippen LogP contribution in [0, 0.1) is 5.92 Å². The Bertz CT molecular complexity index is 1920. The summed E-state index contributed by atoms with van der Waals surface area (Å²) in [4.78, 5) is 66.1. The number of rotatable bonds is 18. The summed E-state index contributed by atoms with van der Waals surface area (Å²) < 4.78 is 58.4. The van der Waals surface area contributed by atoms with Crippen LogP contribution < -0.4 is 30.9 Å². The molecule has 0 saturated carbocycles. The molecule has 314 valence electrons. The Morgan fingerprint density at radius 1 is 0.895 bits per heavy atom. The Kier molecular flexibility index (Phi) is 18.6. The molecule has 0 aliphatic rings. The smallest absolute Gasteiger partial charge is 0.475 e. The summed E-state index contributed by atoms with van der Waals surface area (Å²) in [5.41, 5.74) is 3.63. The second kappa shape index (κ2) is 22.0. The van der Waals surface area contributed by atoms with Crippen LogP contribution in [0.2, 0.25) is 0 Å². The third-order valence-corrected chi connectivity index (χ3v) is 10.8. The summed E-state index contributed by atoms with van der Waals surface area (Å²) in [6.07, 6.45) is -4.75. The molecular formula is C37H50F3N7O8S2. The third-order valence-electron chi connectivity index (χ3n) is 8.41. The Morgan fingerprint density at radius 2 is 1.47 bits per heavy atom. The number of anilines is 1. The SMILES string of the molecule is CCNC(=O)[C@@H](NC(=O)[C@H](C)NC[C@H](Cc1cscn1)NC(=O)c1cc(C(=O)N[C@H](C)c2ccccc2)cc(N(C)S(=O)(=O)CC)c1)C(C)C.O=C(O)C(F)(F)F. The molecule has 0 aliphatic carbocycles. The number of carbonyl (C=O) groups excluding carboxylic acids is 4. The Hall–Kier alpha value is -5.08. The fourth-order valence-electron chi connectivity index (χ4n) is 5.06. The first-order valence-corrected chi connectivity index (χ1v) is 20.4. The molecule has 6 N–H and O–H groups in total. The van der Waals surface area contributed by atoms with Gasteiger partial charge in [0.25, 0.3) is 11.8 Å². The van der Waals surface area contributed by atoms with E-state index in [4.69, 9.17) is 9.90 Å². The van der Waals surface area contributed by atoms with Gasteiger partial charge in [-0.15, -0.1) is 11.3 Å². The normalized spacial score (nSPS) is 13.5. The van der Waals surface area contributed by atoms with E-state index in [9.17, 15) is 40.8 Å². The minimum Gasteiger partial charge on any atom is -0.475 e. The second-order valence-electron chi connectivity index (χ2n) is 13.2. The predicted octanol–water partition coefficient (Wildman–Crippen LogP) is 3.65. The number of likely N-dealkylation sites (N-methyl/N-ethyl adjacent to an activating group) is 1. The quantitative estimate of drug-likeness (QED) is 0.109. The first kappa shape index (κ1) is 48.1. The number of alkyl halides is 3. The van der Waals surface area contributed by atoms with E-state index in [1.165, 1.54) is 43.5 Å². The van der Waals surface area contributed by atoms with E-state index in [2.05, 4.69) is 31.6 Å². The molecule has 0 bridgehead atoms. The summed E-state index contributed by atoms with van der Waals surface area (Å²) in [5.74, 6) is -4.73. The molecule has 57 heavy (non-hydrogen) atoms. The molecule has 1 aromatic heterocycles. The molecule has 15 nitrogen and oxygen atoms in total. The van der Waals surface area contributed by atoms with Gasteiger partial charge < -0.3 is 31.7 Å². The average molecular weight is 842 g/mol. The number of aliphatic carboxylic acids is 1. The van der Waals surface area contributed by atoms with Crippen LogP contribution in [0.5, 0.6) is 0 Å². The fourth-order valence-corrected chi connectivity index (χ4v) is 6.44. The number of hydrogen-bond acceptors (Lipinski definition) is 10. The molecule has 3 rings (SSSR count). The average Bonchev–Trinajstić information content (AvgIpc) is 3.68. The van der Waals surface area contributed by atoms with E-state index in [-0.39, 0.29) is 52.9 Å². The van der Waals surface area contributed by atoms with Crippen molar-refractivity contribution in [1.29, 1.82) is 0 Å². The first-order valence-electron chi connectivity index (χ1n) is 17.9. The lowest BCUT2D eigenvalue weighted by atomic mass is 10.0. The number of hydrogen-bond donors (Lipinski definition) is 6. The van der Waals surface area contributed by atoms with Crippen molar-refractivity contribution >= 4 is 56.6 Å². The number of nitrogens with zero attached hydrogens (tertiary/aromatic N) is 2. The minimum absolute atomic E-state index is 0.0777. The largest absolute Gasteiger partial charge is 0.490 e. The number of carbonyl (C=O) groups is 5. The highest BCUT2D eigenvalue weighted by molar-refractivity contribution is 7.92. The van der Waals surface area contributed by atoms with Crippen molar-refractivity contribution in [2.45, 2.75) is 78.3 Å². The molecule has 2 aromatic carbocycles. The zero-order chi connectivity index (χ0) is 43.1. The lowest BCUT2D eigenvalue weighted by Gasteiger charge is -2.25. The topological polar surface area (TPSA) is 216 Å². The standard InChI is InChI=1S/C35H49N7O6S2.C2HF3O2/c1-8-36-35(46)31(22(3)4)41-32(43)24(6)37-19-28(18-29-20-49-21-38-29)40-34(45)27-15-26(16-30(17-27)42(7)50(47,48)9-2)33(44)39-23(5)25-13-11-10-12-14-25;3-2(4,5)1(6)7/h10-17,20-24,28,31,37H,8-9,18-19H2,1-7H3,(H,36,46)(H,39,44)(H,40,45)(H,41,43);(H,6,7)/t23-,24+,28+,31+;/m1./s1. The lowest BCUT2D eigenvalue weighted by molar-refractivity contribution is -0.192. The second-order valence-corrected chi connectivity index (χ2v) is 16.2. The maximum absolute atomic E-state index is 13.9. The highest BCUT2D eigenvalue weighted by Crippen LogP contribution is 2.23. The van der Waals surface area contributed by atoms with Crippen LogP contribution in [0.1, 0.15) is 79.6 Å². The maximum atomic E-state index is 13.9. The zero-order valence-electron chi connectivity index (χ0n) is 32.6. The summed E-state index contributed by atoms with van der Waals surface area (Å²) in [5, 5.41) is 23.6. The zero-order valence-corrected chi connectivity index (χ0v) is 34.3. The van der Waals surface area contributed by atoms with Crippen LogP contribution in [0.4, 0.5) is 18.9 Å². The molecule has 3 aromatic rings. The van der Waals surface area contributed by atoms with Gasteiger partial charge in [-0.25, -0.2) is 18.2 Å². The van der Waals surface area contributed by atoms with Gasteiger partial charge in [0.05, 0.1) is 34.7 Å². The predicted molar refractivity (Wildman–Crippen MR) is 210 cm³/mol. The van der Waals surface area contributed by atoms with E-state index in [1.54, 1.807) is 12.4 Å². The van der Waals surface area contributed by atoms with E-state index in [0.29, 0.717) is 13.0 Å². The van der Waals surface area contributed by atoms with E-state index < -0.39 is 52.1 Å². The van der Waals surface area contributed by atoms with Gasteiger partial charge in [0, 0.05) is 49.1 Å². The van der Waals surface area contributed by atoms with Crippen molar-refractivity contribution in [2.24, 2.45) is 5.92 Å². The third kappa shape index (κ3) is 15.4. The number of aromatic nitrogens is 1. The number of benzene rings is 2. The number of thiazole rings is 1. The van der Waals surface area contributed by atoms with Crippen molar-refractivity contribution in [2.75, 3.05) is 30.2 Å². The van der Waals surface area contributed by atoms with Gasteiger partial charge in [0.15, 0.2) is 0 Å². The number of nitrogens with one attached hydrogen (secondary N) is 5. The lowest BCUT2D eigenvalue weighted by Crippen LogP contribution is -2.55. The van der Waals surface area contributed by atoms with Crippen LogP contribution in [-0.2, 0) is 30.8 Å². The Labute approximate surface area is 334 Å². The molecule has 0 radical (unpaired) electrons. The maximum Gasteiger partial charge on any atom is 0.490 e. The number of carboxylic acids is 1. The minimum atomic E-state index is -5.08. The number of carboxylic acid groups (broad SMARTS) is 1. The molecule has 1 heterocycles. The molecule has 0 saturated heterocycles. The molecule has 20 heteroatoms.